The highest BCUT2D eigenvalue weighted by molar-refractivity contribution is 5.92. The maximum Gasteiger partial charge on any atom is 0.293 e. The van der Waals surface area contributed by atoms with Gasteiger partial charge in [-0.2, -0.15) is 0 Å². The number of carbonyl (C=O) groups is 1. The first-order chi connectivity index (χ1) is 15.1. The van der Waals surface area contributed by atoms with E-state index in [1.54, 1.807) is 42.6 Å². The molecule has 0 bridgehead atoms. The summed E-state index contributed by atoms with van der Waals surface area (Å²) in [6.45, 7) is 0.669. The van der Waals surface area contributed by atoms with Gasteiger partial charge in [0.25, 0.3) is 5.91 Å². The van der Waals surface area contributed by atoms with Crippen molar-refractivity contribution in [2.45, 2.75) is 13.1 Å². The van der Waals surface area contributed by atoms with Gasteiger partial charge in [0.1, 0.15) is 17.3 Å². The van der Waals surface area contributed by atoms with Crippen molar-refractivity contribution < 1.29 is 18.4 Å². The van der Waals surface area contributed by atoms with Crippen LogP contribution in [0.2, 0.25) is 0 Å². The molecule has 4 rings (SSSR count). The summed E-state index contributed by atoms with van der Waals surface area (Å²) in [7, 11) is 1.60. The molecule has 7 heteroatoms. The normalized spacial score (nSPS) is 10.6. The fourth-order valence-electron chi connectivity index (χ4n) is 3.19. The minimum atomic E-state index is -0.430. The van der Waals surface area contributed by atoms with Crippen LogP contribution in [0.25, 0.3) is 11.3 Å². The predicted molar refractivity (Wildman–Crippen MR) is 113 cm³/mol. The van der Waals surface area contributed by atoms with E-state index in [-0.39, 0.29) is 22.9 Å². The molecule has 0 aliphatic carbocycles. The second kappa shape index (κ2) is 9.21. The van der Waals surface area contributed by atoms with Gasteiger partial charge >= 0.3 is 0 Å². The standard InChI is InChI=1S/C24H20FN3O3/c1-30-19-10-8-17(9-11-19)15-28(16-18-5-4-12-26-14-18)24(29)23-13-22(27-31-23)20-6-2-3-7-21(20)25/h2-14H,15-16H2,1H3. The Morgan fingerprint density at radius 3 is 2.52 bits per heavy atom. The average molecular weight is 417 g/mol. The number of benzene rings is 2. The molecule has 0 N–H and O–H groups in total. The molecule has 0 aliphatic rings. The molecule has 4 aromatic rings. The van der Waals surface area contributed by atoms with Gasteiger partial charge in [0.15, 0.2) is 0 Å². The maximum atomic E-state index is 14.1. The van der Waals surface area contributed by atoms with E-state index in [0.717, 1.165) is 16.9 Å². The fraction of sp³-hybridized carbons (Fsp3) is 0.125. The summed E-state index contributed by atoms with van der Waals surface area (Å²) >= 11 is 0. The van der Waals surface area contributed by atoms with E-state index < -0.39 is 5.82 Å². The number of hydrogen-bond acceptors (Lipinski definition) is 5. The number of methoxy groups -OCH3 is 1. The molecule has 0 spiro atoms. The number of nitrogens with zero attached hydrogens (tertiary/aromatic N) is 3. The topological polar surface area (TPSA) is 68.5 Å². The third-order valence-electron chi connectivity index (χ3n) is 4.79. The highest BCUT2D eigenvalue weighted by Crippen LogP contribution is 2.24. The Labute approximate surface area is 178 Å². The smallest absolute Gasteiger partial charge is 0.293 e. The van der Waals surface area contributed by atoms with Crippen LogP contribution in [-0.2, 0) is 13.1 Å². The summed E-state index contributed by atoms with van der Waals surface area (Å²) < 4.78 is 24.6. The molecule has 2 aromatic carbocycles. The summed E-state index contributed by atoms with van der Waals surface area (Å²) in [5.41, 5.74) is 2.34. The second-order valence-corrected chi connectivity index (χ2v) is 6.93. The highest BCUT2D eigenvalue weighted by atomic mass is 19.1. The molecule has 0 radical (unpaired) electrons. The van der Waals surface area contributed by atoms with E-state index in [9.17, 15) is 9.18 Å². The van der Waals surface area contributed by atoms with Gasteiger partial charge in [-0.1, -0.05) is 35.5 Å². The first-order valence-corrected chi connectivity index (χ1v) is 9.67. The molecular formula is C24H20FN3O3. The molecule has 0 unspecified atom stereocenters. The van der Waals surface area contributed by atoms with Gasteiger partial charge < -0.3 is 14.2 Å². The molecule has 1 amide bonds. The van der Waals surface area contributed by atoms with Crippen LogP contribution < -0.4 is 4.74 Å². The summed E-state index contributed by atoms with van der Waals surface area (Å²) in [6.07, 6.45) is 3.38. The van der Waals surface area contributed by atoms with E-state index in [4.69, 9.17) is 9.26 Å². The van der Waals surface area contributed by atoms with Crippen molar-refractivity contribution in [1.82, 2.24) is 15.0 Å². The first kappa shape index (κ1) is 20.3. The van der Waals surface area contributed by atoms with Crippen LogP contribution in [0.3, 0.4) is 0 Å². The van der Waals surface area contributed by atoms with Crippen molar-refractivity contribution in [3.05, 3.63) is 102 Å². The van der Waals surface area contributed by atoms with Crippen LogP contribution in [0.15, 0.2) is 83.6 Å². The number of halogens is 1. The Hall–Kier alpha value is -4.00. The molecule has 0 atom stereocenters. The van der Waals surface area contributed by atoms with E-state index in [2.05, 4.69) is 10.1 Å². The third kappa shape index (κ3) is 4.78. The van der Waals surface area contributed by atoms with Crippen LogP contribution in [-0.4, -0.2) is 28.1 Å². The number of hydrogen-bond donors (Lipinski definition) is 0. The van der Waals surface area contributed by atoms with Crippen LogP contribution in [0.1, 0.15) is 21.7 Å². The number of ether oxygens (including phenoxy) is 1. The lowest BCUT2D eigenvalue weighted by atomic mass is 10.1. The molecule has 31 heavy (non-hydrogen) atoms. The zero-order chi connectivity index (χ0) is 21.6. The Morgan fingerprint density at radius 2 is 1.81 bits per heavy atom. The van der Waals surface area contributed by atoms with Gasteiger partial charge in [-0.25, -0.2) is 4.39 Å². The summed E-state index contributed by atoms with van der Waals surface area (Å²) in [6, 6.07) is 18.9. The van der Waals surface area contributed by atoms with Crippen molar-refractivity contribution in [3.63, 3.8) is 0 Å². The average Bonchev–Trinajstić information content (AvgIpc) is 3.30. The summed E-state index contributed by atoms with van der Waals surface area (Å²) in [4.78, 5) is 19.0. The zero-order valence-electron chi connectivity index (χ0n) is 16.9. The Bertz CT molecular complexity index is 1160. The number of amides is 1. The lowest BCUT2D eigenvalue weighted by Crippen LogP contribution is -2.30. The molecule has 0 fully saturated rings. The van der Waals surface area contributed by atoms with Gasteiger partial charge in [-0.3, -0.25) is 9.78 Å². The first-order valence-electron chi connectivity index (χ1n) is 9.67. The Balaban J connectivity index is 1.61. The van der Waals surface area contributed by atoms with Gasteiger partial charge in [0.2, 0.25) is 5.76 Å². The number of rotatable bonds is 7. The van der Waals surface area contributed by atoms with E-state index in [0.29, 0.717) is 13.1 Å². The van der Waals surface area contributed by atoms with Crippen molar-refractivity contribution >= 4 is 5.91 Å². The summed E-state index contributed by atoms with van der Waals surface area (Å²) in [5, 5.41) is 3.90. The van der Waals surface area contributed by atoms with Crippen LogP contribution in [0.4, 0.5) is 4.39 Å². The lowest BCUT2D eigenvalue weighted by molar-refractivity contribution is 0.0687. The molecule has 6 nitrogen and oxygen atoms in total. The van der Waals surface area contributed by atoms with Gasteiger partial charge in [0, 0.05) is 37.1 Å². The van der Waals surface area contributed by atoms with Crippen LogP contribution in [0, 0.1) is 5.82 Å². The van der Waals surface area contributed by atoms with Crippen LogP contribution in [0.5, 0.6) is 5.75 Å². The monoisotopic (exact) mass is 417 g/mol. The van der Waals surface area contributed by atoms with Gasteiger partial charge in [-0.15, -0.1) is 0 Å². The minimum absolute atomic E-state index is 0.0376. The number of carbonyl (C=O) groups excluding carboxylic acids is 1. The molecule has 0 aliphatic heterocycles. The number of aromatic nitrogens is 2. The maximum absolute atomic E-state index is 14.1. The van der Waals surface area contributed by atoms with Crippen molar-refractivity contribution in [2.75, 3.05) is 7.11 Å². The van der Waals surface area contributed by atoms with Crippen molar-refractivity contribution in [1.29, 1.82) is 0 Å². The molecule has 0 saturated carbocycles. The zero-order valence-corrected chi connectivity index (χ0v) is 16.9. The van der Waals surface area contributed by atoms with E-state index in [1.165, 1.54) is 12.1 Å². The van der Waals surface area contributed by atoms with E-state index in [1.807, 2.05) is 36.4 Å². The second-order valence-electron chi connectivity index (χ2n) is 6.93. The Kier molecular flexibility index (Phi) is 6.03. The largest absolute Gasteiger partial charge is 0.497 e. The molecule has 2 heterocycles. The SMILES string of the molecule is COc1ccc(CN(Cc2cccnc2)C(=O)c2cc(-c3ccccc3F)no2)cc1. The van der Waals surface area contributed by atoms with Crippen LogP contribution >= 0.6 is 0 Å². The van der Waals surface area contributed by atoms with Gasteiger partial charge in [-0.05, 0) is 41.5 Å². The third-order valence-corrected chi connectivity index (χ3v) is 4.79. The number of pyridine rings is 1. The highest BCUT2D eigenvalue weighted by Gasteiger charge is 2.22. The molecular weight excluding hydrogens is 397 g/mol. The predicted octanol–water partition coefficient (Wildman–Crippen LogP) is 4.73. The molecule has 2 aromatic heterocycles. The van der Waals surface area contributed by atoms with Crippen molar-refractivity contribution in [2.24, 2.45) is 0 Å². The van der Waals surface area contributed by atoms with Gasteiger partial charge in [0.05, 0.1) is 7.11 Å². The minimum Gasteiger partial charge on any atom is -0.497 e. The summed E-state index contributed by atoms with van der Waals surface area (Å²) in [5.74, 6) is -0.00990. The van der Waals surface area contributed by atoms with Crippen molar-refractivity contribution in [3.8, 4) is 17.0 Å². The lowest BCUT2D eigenvalue weighted by Gasteiger charge is -2.21. The Morgan fingerprint density at radius 1 is 1.03 bits per heavy atom. The molecule has 156 valence electrons. The fourth-order valence-corrected chi connectivity index (χ4v) is 3.19. The molecule has 0 saturated heterocycles. The van der Waals surface area contributed by atoms with E-state index >= 15 is 0 Å². The quantitative estimate of drug-likeness (QED) is 0.435.